The third-order valence-electron chi connectivity index (χ3n) is 4.69. The Kier molecular flexibility index (Phi) is 7.24. The van der Waals surface area contributed by atoms with Gasteiger partial charge in [-0.1, -0.05) is 30.3 Å². The van der Waals surface area contributed by atoms with E-state index in [9.17, 15) is 13.2 Å². The van der Waals surface area contributed by atoms with Crippen molar-refractivity contribution in [3.8, 4) is 5.75 Å². The second-order valence-corrected chi connectivity index (χ2v) is 8.67. The second kappa shape index (κ2) is 9.87. The van der Waals surface area contributed by atoms with E-state index in [1.807, 2.05) is 30.3 Å². The Hall–Kier alpha value is -2.42. The number of sulfonamides is 1. The van der Waals surface area contributed by atoms with Crippen LogP contribution in [-0.4, -0.2) is 40.2 Å². The van der Waals surface area contributed by atoms with Gasteiger partial charge in [-0.05, 0) is 49.6 Å². The maximum Gasteiger partial charge on any atom is 0.258 e. The molecule has 2 unspecified atom stereocenters. The molecule has 3 rings (SSSR count). The maximum absolute atomic E-state index is 12.6. The van der Waals surface area contributed by atoms with Gasteiger partial charge in [0.05, 0.1) is 11.0 Å². The van der Waals surface area contributed by atoms with Crippen LogP contribution in [0.4, 0.5) is 0 Å². The van der Waals surface area contributed by atoms with Crippen molar-refractivity contribution >= 4 is 15.9 Å². The van der Waals surface area contributed by atoms with E-state index in [2.05, 4.69) is 10.0 Å². The molecule has 1 aliphatic rings. The van der Waals surface area contributed by atoms with Crippen molar-refractivity contribution in [2.75, 3.05) is 19.8 Å². The van der Waals surface area contributed by atoms with E-state index < -0.39 is 10.0 Å². The van der Waals surface area contributed by atoms with Gasteiger partial charge in [0.2, 0.25) is 10.0 Å². The zero-order chi connectivity index (χ0) is 20.7. The van der Waals surface area contributed by atoms with Crippen LogP contribution in [0.2, 0.25) is 0 Å². The third-order valence-corrected chi connectivity index (χ3v) is 6.24. The number of nitrogens with one attached hydrogen (secondary N) is 2. The van der Waals surface area contributed by atoms with E-state index in [4.69, 9.17) is 9.47 Å². The molecule has 1 saturated heterocycles. The van der Waals surface area contributed by atoms with Crippen LogP contribution in [0.3, 0.4) is 0 Å². The summed E-state index contributed by atoms with van der Waals surface area (Å²) in [5, 5.41) is 2.77. The normalized spacial score (nSPS) is 17.6. The van der Waals surface area contributed by atoms with E-state index in [-0.39, 0.29) is 29.6 Å². The van der Waals surface area contributed by atoms with Gasteiger partial charge >= 0.3 is 0 Å². The Labute approximate surface area is 171 Å². The van der Waals surface area contributed by atoms with Crippen molar-refractivity contribution in [3.63, 3.8) is 0 Å². The number of hydrogen-bond acceptors (Lipinski definition) is 5. The molecule has 8 heteroatoms. The molecular formula is C21H26N2O5S. The molecular weight excluding hydrogens is 392 g/mol. The maximum atomic E-state index is 12.6. The summed E-state index contributed by atoms with van der Waals surface area (Å²) in [6.07, 6.45) is 2.05. The molecule has 1 fully saturated rings. The first-order valence-corrected chi connectivity index (χ1v) is 11.1. The summed E-state index contributed by atoms with van der Waals surface area (Å²) in [5.74, 6) is 0.183. The van der Waals surface area contributed by atoms with Crippen molar-refractivity contribution in [1.29, 1.82) is 0 Å². The molecule has 1 heterocycles. The molecule has 0 saturated carbocycles. The Bertz CT molecular complexity index is 894. The summed E-state index contributed by atoms with van der Waals surface area (Å²) >= 11 is 0. The highest BCUT2D eigenvalue weighted by Gasteiger charge is 2.19. The van der Waals surface area contributed by atoms with Gasteiger partial charge in [-0.25, -0.2) is 13.1 Å². The Balaban J connectivity index is 1.50. The molecule has 156 valence electrons. The first kappa shape index (κ1) is 21.3. The average Bonchev–Trinajstić information content (AvgIpc) is 3.25. The quantitative estimate of drug-likeness (QED) is 0.652. The fourth-order valence-electron chi connectivity index (χ4n) is 3.06. The summed E-state index contributed by atoms with van der Waals surface area (Å²) in [6, 6.07) is 15.0. The minimum Gasteiger partial charge on any atom is -0.484 e. The average molecular weight is 419 g/mol. The Morgan fingerprint density at radius 2 is 1.90 bits per heavy atom. The molecule has 2 aromatic rings. The fraction of sp³-hybridized carbons (Fsp3) is 0.381. The largest absolute Gasteiger partial charge is 0.484 e. The predicted molar refractivity (Wildman–Crippen MR) is 109 cm³/mol. The van der Waals surface area contributed by atoms with Crippen LogP contribution in [0, 0.1) is 0 Å². The molecule has 0 aliphatic carbocycles. The lowest BCUT2D eigenvalue weighted by Gasteiger charge is -2.15. The minimum atomic E-state index is -3.67. The topological polar surface area (TPSA) is 93.7 Å². The van der Waals surface area contributed by atoms with Crippen LogP contribution in [0.15, 0.2) is 59.5 Å². The van der Waals surface area contributed by atoms with Gasteiger partial charge in [-0.2, -0.15) is 0 Å². The SMILES string of the molecule is CC(NS(=O)(=O)c1ccc(OCC(=O)NCC2CCCO2)cc1)c1ccccc1. The van der Waals surface area contributed by atoms with Crippen molar-refractivity contribution < 1.29 is 22.7 Å². The predicted octanol–water partition coefficient (Wildman–Crippen LogP) is 2.40. The van der Waals surface area contributed by atoms with Gasteiger partial charge in [0, 0.05) is 19.2 Å². The van der Waals surface area contributed by atoms with Gasteiger partial charge in [0.15, 0.2) is 6.61 Å². The molecule has 0 spiro atoms. The van der Waals surface area contributed by atoms with E-state index in [0.717, 1.165) is 25.0 Å². The first-order valence-electron chi connectivity index (χ1n) is 9.62. The summed E-state index contributed by atoms with van der Waals surface area (Å²) < 4.78 is 38.7. The summed E-state index contributed by atoms with van der Waals surface area (Å²) in [7, 11) is -3.67. The summed E-state index contributed by atoms with van der Waals surface area (Å²) in [4.78, 5) is 12.0. The van der Waals surface area contributed by atoms with E-state index in [1.165, 1.54) is 24.3 Å². The zero-order valence-electron chi connectivity index (χ0n) is 16.3. The highest BCUT2D eigenvalue weighted by atomic mass is 32.2. The number of amides is 1. The summed E-state index contributed by atoms with van der Waals surface area (Å²) in [6.45, 7) is 2.87. The number of hydrogen-bond donors (Lipinski definition) is 2. The first-order chi connectivity index (χ1) is 13.9. The van der Waals surface area contributed by atoms with Crippen LogP contribution in [-0.2, 0) is 19.6 Å². The smallest absolute Gasteiger partial charge is 0.258 e. The van der Waals surface area contributed by atoms with Gasteiger partial charge in [-0.15, -0.1) is 0 Å². The molecule has 2 aromatic carbocycles. The van der Waals surface area contributed by atoms with E-state index in [0.29, 0.717) is 12.3 Å². The molecule has 1 amide bonds. The molecule has 2 atom stereocenters. The minimum absolute atomic E-state index is 0.0780. The highest BCUT2D eigenvalue weighted by molar-refractivity contribution is 7.89. The van der Waals surface area contributed by atoms with Crippen LogP contribution >= 0.6 is 0 Å². The van der Waals surface area contributed by atoms with Gasteiger partial charge in [-0.3, -0.25) is 4.79 Å². The van der Waals surface area contributed by atoms with Crippen molar-refractivity contribution in [2.24, 2.45) is 0 Å². The Morgan fingerprint density at radius 3 is 2.55 bits per heavy atom. The number of rotatable bonds is 9. The van der Waals surface area contributed by atoms with Crippen molar-refractivity contribution in [3.05, 3.63) is 60.2 Å². The molecule has 29 heavy (non-hydrogen) atoms. The Morgan fingerprint density at radius 1 is 1.17 bits per heavy atom. The fourth-order valence-corrected chi connectivity index (χ4v) is 4.29. The highest BCUT2D eigenvalue weighted by Crippen LogP contribution is 2.19. The summed E-state index contributed by atoms with van der Waals surface area (Å²) in [5.41, 5.74) is 0.880. The van der Waals surface area contributed by atoms with Crippen LogP contribution in [0.5, 0.6) is 5.75 Å². The van der Waals surface area contributed by atoms with Crippen LogP contribution in [0.1, 0.15) is 31.4 Å². The van der Waals surface area contributed by atoms with E-state index >= 15 is 0 Å². The lowest BCUT2D eigenvalue weighted by atomic mass is 10.1. The van der Waals surface area contributed by atoms with Crippen molar-refractivity contribution in [1.82, 2.24) is 10.0 Å². The number of ether oxygens (including phenoxy) is 2. The standard InChI is InChI=1S/C21H26N2O5S/c1-16(17-6-3-2-4-7-17)23-29(25,26)20-11-9-18(10-12-20)28-15-21(24)22-14-19-8-5-13-27-19/h2-4,6-7,9-12,16,19,23H,5,8,13-15H2,1H3,(H,22,24). The molecule has 0 aromatic heterocycles. The zero-order valence-corrected chi connectivity index (χ0v) is 17.2. The van der Waals surface area contributed by atoms with Gasteiger partial charge in [0.25, 0.3) is 5.91 Å². The molecule has 2 N–H and O–H groups in total. The monoisotopic (exact) mass is 418 g/mol. The molecule has 0 bridgehead atoms. The number of carbonyl (C=O) groups is 1. The van der Waals surface area contributed by atoms with E-state index in [1.54, 1.807) is 6.92 Å². The molecule has 1 aliphatic heterocycles. The second-order valence-electron chi connectivity index (χ2n) is 6.95. The van der Waals surface area contributed by atoms with Gasteiger partial charge in [0.1, 0.15) is 5.75 Å². The lowest BCUT2D eigenvalue weighted by molar-refractivity contribution is -0.123. The van der Waals surface area contributed by atoms with Crippen molar-refractivity contribution in [2.45, 2.75) is 36.8 Å². The number of carbonyl (C=O) groups excluding carboxylic acids is 1. The van der Waals surface area contributed by atoms with Gasteiger partial charge < -0.3 is 14.8 Å². The van der Waals surface area contributed by atoms with Crippen LogP contribution in [0.25, 0.3) is 0 Å². The molecule has 0 radical (unpaired) electrons. The van der Waals surface area contributed by atoms with Crippen LogP contribution < -0.4 is 14.8 Å². The number of benzene rings is 2. The lowest BCUT2D eigenvalue weighted by Crippen LogP contribution is -2.35. The third kappa shape index (κ3) is 6.28. The molecule has 7 nitrogen and oxygen atoms in total.